The molecule has 1 amide bonds. The average Bonchev–Trinajstić information content (AvgIpc) is 3.21. The van der Waals surface area contributed by atoms with Crippen LogP contribution in [0.1, 0.15) is 11.1 Å². The smallest absolute Gasteiger partial charge is 0.227 e. The molecular weight excluding hydrogens is 386 g/mol. The van der Waals surface area contributed by atoms with E-state index in [1.54, 1.807) is 25.6 Å². The summed E-state index contributed by atoms with van der Waals surface area (Å²) < 4.78 is 11.8. The lowest BCUT2D eigenvalue weighted by molar-refractivity contribution is -0.130. The normalized spacial score (nSPS) is 14.3. The van der Waals surface area contributed by atoms with Crippen molar-refractivity contribution in [3.05, 3.63) is 47.5 Å². The number of aromatic nitrogens is 1. The summed E-state index contributed by atoms with van der Waals surface area (Å²) in [6.07, 6.45) is 0.418. The predicted octanol–water partition coefficient (Wildman–Crippen LogP) is 3.51. The van der Waals surface area contributed by atoms with Gasteiger partial charge in [-0.25, -0.2) is 4.98 Å². The first-order chi connectivity index (χ1) is 14.1. The van der Waals surface area contributed by atoms with Gasteiger partial charge in [-0.1, -0.05) is 29.5 Å². The van der Waals surface area contributed by atoms with Crippen LogP contribution in [0.25, 0.3) is 10.2 Å². The summed E-state index contributed by atoms with van der Waals surface area (Å²) in [5, 5.41) is 0.995. The van der Waals surface area contributed by atoms with Crippen LogP contribution in [-0.2, 0) is 11.2 Å². The van der Waals surface area contributed by atoms with Gasteiger partial charge in [-0.15, -0.1) is 0 Å². The number of nitrogens with zero attached hydrogens (tertiary/aromatic N) is 3. The van der Waals surface area contributed by atoms with Crippen molar-refractivity contribution in [2.45, 2.75) is 13.3 Å². The van der Waals surface area contributed by atoms with Gasteiger partial charge in [-0.2, -0.15) is 0 Å². The molecule has 0 unspecified atom stereocenters. The highest BCUT2D eigenvalue weighted by molar-refractivity contribution is 7.22. The lowest BCUT2D eigenvalue weighted by Crippen LogP contribution is -2.49. The number of hydrogen-bond acceptors (Lipinski definition) is 6. The Morgan fingerprint density at radius 1 is 1.03 bits per heavy atom. The number of rotatable bonds is 5. The van der Waals surface area contributed by atoms with Gasteiger partial charge in [0.25, 0.3) is 0 Å². The quantitative estimate of drug-likeness (QED) is 0.643. The molecular formula is C22H25N3O3S. The van der Waals surface area contributed by atoms with Crippen molar-refractivity contribution in [2.75, 3.05) is 45.3 Å². The minimum Gasteiger partial charge on any atom is -0.497 e. The van der Waals surface area contributed by atoms with Crippen molar-refractivity contribution in [1.82, 2.24) is 9.88 Å². The van der Waals surface area contributed by atoms with E-state index in [1.165, 1.54) is 5.56 Å². The molecule has 0 N–H and O–H groups in total. The molecule has 0 spiro atoms. The van der Waals surface area contributed by atoms with Gasteiger partial charge in [0.15, 0.2) is 5.13 Å². The van der Waals surface area contributed by atoms with Gasteiger partial charge in [0, 0.05) is 26.2 Å². The van der Waals surface area contributed by atoms with Gasteiger partial charge in [-0.3, -0.25) is 4.79 Å². The van der Waals surface area contributed by atoms with Gasteiger partial charge in [-0.05, 0) is 36.2 Å². The second-order valence-corrected chi connectivity index (χ2v) is 8.13. The van der Waals surface area contributed by atoms with E-state index >= 15 is 0 Å². The van der Waals surface area contributed by atoms with Crippen molar-refractivity contribution in [3.8, 4) is 11.5 Å². The zero-order chi connectivity index (χ0) is 20.4. The van der Waals surface area contributed by atoms with Gasteiger partial charge >= 0.3 is 0 Å². The summed E-state index contributed by atoms with van der Waals surface area (Å²) in [6, 6.07) is 11.7. The summed E-state index contributed by atoms with van der Waals surface area (Å²) in [7, 11) is 3.32. The number of methoxy groups -OCH3 is 2. The van der Waals surface area contributed by atoms with Crippen molar-refractivity contribution < 1.29 is 14.3 Å². The molecule has 0 saturated carbocycles. The van der Waals surface area contributed by atoms with Crippen LogP contribution in [0.4, 0.5) is 5.13 Å². The maximum atomic E-state index is 12.7. The molecule has 2 heterocycles. The second kappa shape index (κ2) is 8.29. The van der Waals surface area contributed by atoms with Crippen LogP contribution in [0.15, 0.2) is 36.4 Å². The van der Waals surface area contributed by atoms with E-state index in [0.717, 1.165) is 45.5 Å². The predicted molar refractivity (Wildman–Crippen MR) is 116 cm³/mol. The third-order valence-electron chi connectivity index (χ3n) is 5.33. The molecule has 0 aliphatic carbocycles. The topological polar surface area (TPSA) is 54.9 Å². The number of amides is 1. The maximum absolute atomic E-state index is 12.7. The van der Waals surface area contributed by atoms with E-state index in [9.17, 15) is 4.79 Å². The standard InChI is InChI=1S/C22H25N3O3S/c1-15-4-9-18(28-3)20-21(15)29-22(23-20)25-12-10-24(11-13-25)19(26)14-16-5-7-17(27-2)8-6-16/h4-9H,10-14H2,1-3H3. The largest absolute Gasteiger partial charge is 0.497 e. The fourth-order valence-corrected chi connectivity index (χ4v) is 4.68. The van der Waals surface area contributed by atoms with Crippen LogP contribution in [0.5, 0.6) is 11.5 Å². The van der Waals surface area contributed by atoms with Crippen LogP contribution in [0.3, 0.4) is 0 Å². The number of aryl methyl sites for hydroxylation is 1. The lowest BCUT2D eigenvalue weighted by atomic mass is 10.1. The van der Waals surface area contributed by atoms with E-state index in [4.69, 9.17) is 14.5 Å². The van der Waals surface area contributed by atoms with E-state index in [0.29, 0.717) is 19.5 Å². The van der Waals surface area contributed by atoms with Crippen molar-refractivity contribution >= 4 is 32.6 Å². The molecule has 4 rings (SSSR count). The van der Waals surface area contributed by atoms with Crippen molar-refractivity contribution in [2.24, 2.45) is 0 Å². The number of fused-ring (bicyclic) bond motifs is 1. The SMILES string of the molecule is COc1ccc(CC(=O)N2CCN(c3nc4c(OC)ccc(C)c4s3)CC2)cc1. The Labute approximate surface area is 174 Å². The molecule has 0 atom stereocenters. The highest BCUT2D eigenvalue weighted by Gasteiger charge is 2.24. The molecule has 2 aromatic carbocycles. The zero-order valence-electron chi connectivity index (χ0n) is 17.0. The van der Waals surface area contributed by atoms with E-state index in [2.05, 4.69) is 17.9 Å². The summed E-state index contributed by atoms with van der Waals surface area (Å²) in [5.74, 6) is 1.77. The molecule has 3 aromatic rings. The van der Waals surface area contributed by atoms with Crippen LogP contribution < -0.4 is 14.4 Å². The van der Waals surface area contributed by atoms with Crippen molar-refractivity contribution in [3.63, 3.8) is 0 Å². The summed E-state index contributed by atoms with van der Waals surface area (Å²) in [5.41, 5.74) is 3.13. The van der Waals surface area contributed by atoms with E-state index in [1.807, 2.05) is 35.2 Å². The molecule has 29 heavy (non-hydrogen) atoms. The number of hydrogen-bond donors (Lipinski definition) is 0. The third-order valence-corrected chi connectivity index (χ3v) is 6.58. The maximum Gasteiger partial charge on any atom is 0.227 e. The second-order valence-electron chi connectivity index (χ2n) is 7.15. The molecule has 0 radical (unpaired) electrons. The molecule has 1 aliphatic rings. The van der Waals surface area contributed by atoms with E-state index < -0.39 is 0 Å². The molecule has 1 aromatic heterocycles. The fourth-order valence-electron chi connectivity index (χ4n) is 3.58. The molecule has 0 bridgehead atoms. The summed E-state index contributed by atoms with van der Waals surface area (Å²) in [6.45, 7) is 5.09. The van der Waals surface area contributed by atoms with Crippen LogP contribution in [0, 0.1) is 6.92 Å². The van der Waals surface area contributed by atoms with Gasteiger partial charge < -0.3 is 19.3 Å². The highest BCUT2D eigenvalue weighted by Crippen LogP contribution is 2.36. The van der Waals surface area contributed by atoms with E-state index in [-0.39, 0.29) is 5.91 Å². The zero-order valence-corrected chi connectivity index (χ0v) is 17.8. The molecule has 1 saturated heterocycles. The summed E-state index contributed by atoms with van der Waals surface area (Å²) in [4.78, 5) is 21.7. The fraction of sp³-hybridized carbons (Fsp3) is 0.364. The number of carbonyl (C=O) groups excluding carboxylic acids is 1. The average molecular weight is 412 g/mol. The molecule has 1 fully saturated rings. The highest BCUT2D eigenvalue weighted by atomic mass is 32.1. The third kappa shape index (κ3) is 4.00. The minimum atomic E-state index is 0.164. The van der Waals surface area contributed by atoms with Crippen molar-refractivity contribution in [1.29, 1.82) is 0 Å². The minimum absolute atomic E-state index is 0.164. The Morgan fingerprint density at radius 3 is 2.41 bits per heavy atom. The Hall–Kier alpha value is -2.80. The number of thiazole rings is 1. The van der Waals surface area contributed by atoms with Gasteiger partial charge in [0.1, 0.15) is 17.0 Å². The lowest BCUT2D eigenvalue weighted by Gasteiger charge is -2.34. The number of benzene rings is 2. The molecule has 6 nitrogen and oxygen atoms in total. The number of ether oxygens (including phenoxy) is 2. The summed E-state index contributed by atoms with van der Waals surface area (Å²) >= 11 is 1.70. The van der Waals surface area contributed by atoms with Gasteiger partial charge in [0.05, 0.1) is 25.3 Å². The monoisotopic (exact) mass is 411 g/mol. The molecule has 1 aliphatic heterocycles. The Balaban J connectivity index is 1.40. The number of piperazine rings is 1. The van der Waals surface area contributed by atoms with Crippen LogP contribution in [-0.4, -0.2) is 56.2 Å². The van der Waals surface area contributed by atoms with Crippen LogP contribution >= 0.6 is 11.3 Å². The first kappa shape index (κ1) is 19.5. The first-order valence-corrected chi connectivity index (χ1v) is 10.5. The van der Waals surface area contributed by atoms with Gasteiger partial charge in [0.2, 0.25) is 5.91 Å². The number of carbonyl (C=O) groups is 1. The Kier molecular flexibility index (Phi) is 5.58. The Morgan fingerprint density at radius 2 is 1.76 bits per heavy atom. The van der Waals surface area contributed by atoms with Crippen LogP contribution in [0.2, 0.25) is 0 Å². The number of anilines is 1. The molecule has 7 heteroatoms. The Bertz CT molecular complexity index is 1010. The molecule has 152 valence electrons. The first-order valence-electron chi connectivity index (χ1n) is 9.69.